The molecule has 20 heavy (non-hydrogen) atoms. The summed E-state index contributed by atoms with van der Waals surface area (Å²) in [6.45, 7) is 1.26. The van der Waals surface area contributed by atoms with Crippen LogP contribution in [0.2, 0.25) is 0 Å². The number of rotatable bonds is 6. The number of halogens is 2. The smallest absolute Gasteiger partial charge is 0.243 e. The fourth-order valence-electron chi connectivity index (χ4n) is 2.08. The van der Waals surface area contributed by atoms with E-state index in [0.29, 0.717) is 5.92 Å². The molecule has 2 rings (SSSR count). The van der Waals surface area contributed by atoms with Crippen molar-refractivity contribution in [2.45, 2.75) is 31.3 Å². The molecule has 1 unspecified atom stereocenters. The number of benzene rings is 1. The van der Waals surface area contributed by atoms with E-state index in [1.807, 2.05) is 6.92 Å². The van der Waals surface area contributed by atoms with Crippen LogP contribution in [-0.2, 0) is 16.6 Å². The molecule has 7 heteroatoms. The molecule has 1 fully saturated rings. The lowest BCUT2D eigenvalue weighted by Crippen LogP contribution is -2.30. The first-order valence-electron chi connectivity index (χ1n) is 6.44. The zero-order valence-electron chi connectivity index (χ0n) is 11.1. The maximum absolute atomic E-state index is 13.9. The summed E-state index contributed by atoms with van der Waals surface area (Å²) < 4.78 is 53.5. The SMILES string of the molecule is CC(CNS(=O)(=O)c1ccc(F)c(CO)c1F)C1CC1. The lowest BCUT2D eigenvalue weighted by Gasteiger charge is -2.13. The second-order valence-corrected chi connectivity index (χ2v) is 6.90. The normalized spacial score (nSPS) is 17.2. The molecule has 112 valence electrons. The van der Waals surface area contributed by atoms with Gasteiger partial charge in [0, 0.05) is 6.54 Å². The van der Waals surface area contributed by atoms with Crippen molar-refractivity contribution in [1.29, 1.82) is 0 Å². The third kappa shape index (κ3) is 3.16. The molecule has 0 saturated heterocycles. The molecule has 2 N–H and O–H groups in total. The van der Waals surface area contributed by atoms with Crippen molar-refractivity contribution < 1.29 is 22.3 Å². The first kappa shape index (κ1) is 15.3. The van der Waals surface area contributed by atoms with Gasteiger partial charge in [0.2, 0.25) is 10.0 Å². The number of aliphatic hydroxyl groups is 1. The molecule has 0 radical (unpaired) electrons. The Kier molecular flexibility index (Phi) is 4.41. The van der Waals surface area contributed by atoms with Crippen LogP contribution < -0.4 is 4.72 Å². The maximum atomic E-state index is 13.9. The van der Waals surface area contributed by atoms with Crippen LogP contribution in [0.4, 0.5) is 8.78 Å². The van der Waals surface area contributed by atoms with Crippen molar-refractivity contribution in [2.24, 2.45) is 11.8 Å². The molecule has 1 aromatic rings. The van der Waals surface area contributed by atoms with Gasteiger partial charge in [0.05, 0.1) is 12.2 Å². The van der Waals surface area contributed by atoms with Gasteiger partial charge in [-0.2, -0.15) is 0 Å². The Morgan fingerprint density at radius 2 is 2.05 bits per heavy atom. The van der Waals surface area contributed by atoms with E-state index in [4.69, 9.17) is 5.11 Å². The number of sulfonamides is 1. The van der Waals surface area contributed by atoms with Gasteiger partial charge in [-0.3, -0.25) is 0 Å². The summed E-state index contributed by atoms with van der Waals surface area (Å²) in [6.07, 6.45) is 2.17. The maximum Gasteiger partial charge on any atom is 0.243 e. The molecule has 1 aliphatic rings. The molecule has 0 amide bonds. The van der Waals surface area contributed by atoms with Crippen molar-refractivity contribution in [2.75, 3.05) is 6.54 Å². The molecule has 0 aliphatic heterocycles. The van der Waals surface area contributed by atoms with Crippen LogP contribution in [0.5, 0.6) is 0 Å². The zero-order chi connectivity index (χ0) is 14.9. The van der Waals surface area contributed by atoms with Gasteiger partial charge in [0.15, 0.2) is 5.82 Å². The van der Waals surface area contributed by atoms with Gasteiger partial charge in [-0.1, -0.05) is 6.92 Å². The Bertz CT molecular complexity index is 600. The van der Waals surface area contributed by atoms with E-state index in [1.165, 1.54) is 0 Å². The summed E-state index contributed by atoms with van der Waals surface area (Å²) >= 11 is 0. The number of hydrogen-bond acceptors (Lipinski definition) is 3. The Morgan fingerprint density at radius 3 is 2.60 bits per heavy atom. The highest BCUT2D eigenvalue weighted by Gasteiger charge is 2.30. The molecule has 1 aliphatic carbocycles. The third-order valence-corrected chi connectivity index (χ3v) is 5.06. The predicted molar refractivity (Wildman–Crippen MR) is 69.4 cm³/mol. The van der Waals surface area contributed by atoms with E-state index in [2.05, 4.69) is 4.72 Å². The molecule has 0 bridgehead atoms. The summed E-state index contributed by atoms with van der Waals surface area (Å²) in [4.78, 5) is -0.633. The summed E-state index contributed by atoms with van der Waals surface area (Å²) in [5, 5.41) is 8.89. The van der Waals surface area contributed by atoms with Crippen LogP contribution in [0.3, 0.4) is 0 Å². The Morgan fingerprint density at radius 1 is 1.40 bits per heavy atom. The summed E-state index contributed by atoms with van der Waals surface area (Å²) in [6, 6.07) is 1.71. The van der Waals surface area contributed by atoms with E-state index < -0.39 is 38.7 Å². The van der Waals surface area contributed by atoms with E-state index in [0.717, 1.165) is 25.0 Å². The number of aliphatic hydroxyl groups excluding tert-OH is 1. The van der Waals surface area contributed by atoms with Crippen molar-refractivity contribution in [3.05, 3.63) is 29.3 Å². The molecule has 1 aromatic carbocycles. The highest BCUT2D eigenvalue weighted by molar-refractivity contribution is 7.89. The van der Waals surface area contributed by atoms with Gasteiger partial charge in [0.25, 0.3) is 0 Å². The largest absolute Gasteiger partial charge is 0.391 e. The van der Waals surface area contributed by atoms with Gasteiger partial charge < -0.3 is 5.11 Å². The Labute approximate surface area is 116 Å². The fourth-order valence-corrected chi connectivity index (χ4v) is 3.32. The second kappa shape index (κ2) is 5.75. The lowest BCUT2D eigenvalue weighted by atomic mass is 10.1. The minimum atomic E-state index is -4.04. The molecule has 0 spiro atoms. The van der Waals surface area contributed by atoms with E-state index in [1.54, 1.807) is 0 Å². The third-order valence-electron chi connectivity index (χ3n) is 3.62. The molecule has 1 atom stereocenters. The molecule has 1 saturated carbocycles. The fraction of sp³-hybridized carbons (Fsp3) is 0.538. The molecule has 0 heterocycles. The van der Waals surface area contributed by atoms with Gasteiger partial charge in [0.1, 0.15) is 10.7 Å². The number of hydrogen-bond donors (Lipinski definition) is 2. The van der Waals surface area contributed by atoms with Crippen LogP contribution in [0.1, 0.15) is 25.3 Å². The van der Waals surface area contributed by atoms with Gasteiger partial charge >= 0.3 is 0 Å². The van der Waals surface area contributed by atoms with Gasteiger partial charge in [-0.15, -0.1) is 0 Å². The number of nitrogens with one attached hydrogen (secondary N) is 1. The van der Waals surface area contributed by atoms with Gasteiger partial charge in [-0.05, 0) is 36.8 Å². The summed E-state index contributed by atoms with van der Waals surface area (Å²) in [7, 11) is -4.04. The average molecular weight is 305 g/mol. The molecular weight excluding hydrogens is 288 g/mol. The van der Waals surface area contributed by atoms with E-state index in [-0.39, 0.29) is 12.5 Å². The van der Waals surface area contributed by atoms with E-state index in [9.17, 15) is 17.2 Å². The minimum absolute atomic E-state index is 0.186. The minimum Gasteiger partial charge on any atom is -0.391 e. The quantitative estimate of drug-likeness (QED) is 0.842. The topological polar surface area (TPSA) is 66.4 Å². The van der Waals surface area contributed by atoms with Crippen LogP contribution in [0, 0.1) is 23.5 Å². The Hall–Kier alpha value is -1.05. The zero-order valence-corrected chi connectivity index (χ0v) is 11.9. The van der Waals surface area contributed by atoms with Crippen LogP contribution in [0.25, 0.3) is 0 Å². The van der Waals surface area contributed by atoms with Crippen molar-refractivity contribution in [1.82, 2.24) is 4.72 Å². The molecule has 0 aromatic heterocycles. The first-order valence-corrected chi connectivity index (χ1v) is 7.92. The average Bonchev–Trinajstić information content (AvgIpc) is 3.20. The van der Waals surface area contributed by atoms with Crippen LogP contribution in [-0.4, -0.2) is 20.1 Å². The predicted octanol–water partition coefficient (Wildman–Crippen LogP) is 1.78. The summed E-state index contributed by atoms with van der Waals surface area (Å²) in [5.41, 5.74) is -0.636. The lowest BCUT2D eigenvalue weighted by molar-refractivity contribution is 0.267. The standard InChI is InChI=1S/C13H17F2NO3S/c1-8(9-2-3-9)6-16-20(18,19)12-5-4-11(14)10(7-17)13(12)15/h4-5,8-9,16-17H,2-3,6-7H2,1H3. The summed E-state index contributed by atoms with van der Waals surface area (Å²) in [5.74, 6) is -1.50. The molecular formula is C13H17F2NO3S. The van der Waals surface area contributed by atoms with Crippen molar-refractivity contribution in [3.8, 4) is 0 Å². The van der Waals surface area contributed by atoms with Gasteiger partial charge in [-0.25, -0.2) is 21.9 Å². The monoisotopic (exact) mass is 305 g/mol. The van der Waals surface area contributed by atoms with Crippen molar-refractivity contribution in [3.63, 3.8) is 0 Å². The second-order valence-electron chi connectivity index (χ2n) is 5.16. The highest BCUT2D eigenvalue weighted by atomic mass is 32.2. The van der Waals surface area contributed by atoms with Crippen LogP contribution in [0.15, 0.2) is 17.0 Å². The highest BCUT2D eigenvalue weighted by Crippen LogP contribution is 2.36. The van der Waals surface area contributed by atoms with E-state index >= 15 is 0 Å². The Balaban J connectivity index is 2.20. The van der Waals surface area contributed by atoms with Crippen molar-refractivity contribution >= 4 is 10.0 Å². The molecule has 4 nitrogen and oxygen atoms in total. The first-order chi connectivity index (χ1) is 9.36. The van der Waals surface area contributed by atoms with Crippen LogP contribution >= 0.6 is 0 Å².